The van der Waals surface area contributed by atoms with Crippen molar-refractivity contribution in [2.45, 2.75) is 13.5 Å². The van der Waals surface area contributed by atoms with E-state index in [0.29, 0.717) is 25.9 Å². The fourth-order valence-electron chi connectivity index (χ4n) is 2.43. The van der Waals surface area contributed by atoms with E-state index in [1.54, 1.807) is 19.2 Å². The van der Waals surface area contributed by atoms with Crippen molar-refractivity contribution >= 4 is 44.1 Å². The molecule has 0 radical (unpaired) electrons. The lowest BCUT2D eigenvalue weighted by molar-refractivity contribution is 0.0988. The Kier molecular flexibility index (Phi) is 4.39. The van der Waals surface area contributed by atoms with Crippen LogP contribution in [0.4, 0.5) is 9.52 Å². The molecule has 1 aromatic carbocycles. The van der Waals surface area contributed by atoms with E-state index in [9.17, 15) is 9.18 Å². The van der Waals surface area contributed by atoms with Crippen molar-refractivity contribution in [2.75, 3.05) is 4.90 Å². The Labute approximate surface area is 156 Å². The van der Waals surface area contributed by atoms with Crippen molar-refractivity contribution in [1.82, 2.24) is 19.6 Å². The van der Waals surface area contributed by atoms with E-state index in [2.05, 4.69) is 19.6 Å². The van der Waals surface area contributed by atoms with E-state index in [-0.39, 0.29) is 18.3 Å². The number of thiazole rings is 1. The number of nitrogens with zero attached hydrogens (tertiary/aromatic N) is 5. The molecule has 4 rings (SSSR count). The molecule has 0 aliphatic heterocycles. The van der Waals surface area contributed by atoms with Crippen LogP contribution in [0.1, 0.15) is 21.1 Å². The molecule has 6 nitrogen and oxygen atoms in total. The number of halogens is 1. The molecule has 3 heterocycles. The van der Waals surface area contributed by atoms with Crippen LogP contribution in [0.3, 0.4) is 0 Å². The summed E-state index contributed by atoms with van der Waals surface area (Å²) in [7, 11) is 0. The average Bonchev–Trinajstić information content (AvgIpc) is 3.25. The first kappa shape index (κ1) is 16.7. The number of aryl methyl sites for hydroxylation is 1. The third kappa shape index (κ3) is 3.18. The van der Waals surface area contributed by atoms with Crippen LogP contribution in [0.25, 0.3) is 10.2 Å². The molecule has 0 N–H and O–H groups in total. The second-order valence-corrected chi connectivity index (χ2v) is 7.27. The maximum atomic E-state index is 13.5. The molecule has 0 aliphatic rings. The van der Waals surface area contributed by atoms with Crippen LogP contribution in [0.2, 0.25) is 0 Å². The Hall–Kier alpha value is -2.78. The molecule has 0 spiro atoms. The monoisotopic (exact) mass is 385 g/mol. The molecule has 0 aliphatic carbocycles. The van der Waals surface area contributed by atoms with Crippen LogP contribution in [-0.4, -0.2) is 25.5 Å². The van der Waals surface area contributed by atoms with Gasteiger partial charge in [-0.3, -0.25) is 14.7 Å². The Balaban J connectivity index is 1.78. The first-order valence-corrected chi connectivity index (χ1v) is 9.27. The smallest absolute Gasteiger partial charge is 0.274 e. The summed E-state index contributed by atoms with van der Waals surface area (Å²) in [5.74, 6) is -0.583. The zero-order chi connectivity index (χ0) is 18.1. The number of aromatic nitrogens is 4. The highest BCUT2D eigenvalue weighted by molar-refractivity contribution is 7.22. The van der Waals surface area contributed by atoms with Crippen molar-refractivity contribution in [3.8, 4) is 0 Å². The second kappa shape index (κ2) is 6.85. The number of fused-ring (bicyclic) bond motifs is 1. The second-order valence-electron chi connectivity index (χ2n) is 5.51. The number of hydrogen-bond acceptors (Lipinski definition) is 7. The summed E-state index contributed by atoms with van der Waals surface area (Å²) in [5, 5.41) is 4.39. The van der Waals surface area contributed by atoms with E-state index in [0.717, 1.165) is 17.2 Å². The van der Waals surface area contributed by atoms with Gasteiger partial charge in [-0.15, -0.1) is 5.10 Å². The zero-order valence-corrected chi connectivity index (χ0v) is 15.2. The van der Waals surface area contributed by atoms with Gasteiger partial charge in [0.1, 0.15) is 10.7 Å². The lowest BCUT2D eigenvalue weighted by atomic mass is 10.3. The lowest BCUT2D eigenvalue weighted by Crippen LogP contribution is -2.30. The van der Waals surface area contributed by atoms with Crippen LogP contribution in [0.5, 0.6) is 0 Å². The molecule has 3 aromatic heterocycles. The molecule has 26 heavy (non-hydrogen) atoms. The molecule has 4 aromatic rings. The Morgan fingerprint density at radius 2 is 2.15 bits per heavy atom. The van der Waals surface area contributed by atoms with Gasteiger partial charge < -0.3 is 0 Å². The van der Waals surface area contributed by atoms with Gasteiger partial charge >= 0.3 is 0 Å². The summed E-state index contributed by atoms with van der Waals surface area (Å²) < 4.78 is 18.0. The summed E-state index contributed by atoms with van der Waals surface area (Å²) in [4.78, 5) is 23.9. The van der Waals surface area contributed by atoms with Crippen LogP contribution in [0.15, 0.2) is 42.6 Å². The molecule has 9 heteroatoms. The summed E-state index contributed by atoms with van der Waals surface area (Å²) >= 11 is 2.30. The van der Waals surface area contributed by atoms with Gasteiger partial charge in [-0.25, -0.2) is 9.37 Å². The first-order chi connectivity index (χ1) is 12.6. The summed E-state index contributed by atoms with van der Waals surface area (Å²) in [5.41, 5.74) is 1.93. The van der Waals surface area contributed by atoms with Crippen LogP contribution in [0, 0.1) is 12.7 Å². The number of anilines is 1. The molecule has 0 saturated heterocycles. The molecule has 1 amide bonds. The van der Waals surface area contributed by atoms with Gasteiger partial charge in [0, 0.05) is 6.20 Å². The minimum absolute atomic E-state index is 0.248. The van der Waals surface area contributed by atoms with E-state index < -0.39 is 0 Å². The number of amides is 1. The highest BCUT2D eigenvalue weighted by atomic mass is 32.1. The van der Waals surface area contributed by atoms with Gasteiger partial charge in [-0.2, -0.15) is 0 Å². The van der Waals surface area contributed by atoms with Crippen molar-refractivity contribution < 1.29 is 9.18 Å². The maximum absolute atomic E-state index is 13.5. The molecular weight excluding hydrogens is 373 g/mol. The van der Waals surface area contributed by atoms with E-state index in [4.69, 9.17) is 0 Å². The highest BCUT2D eigenvalue weighted by Crippen LogP contribution is 2.31. The number of rotatable bonds is 4. The van der Waals surface area contributed by atoms with E-state index >= 15 is 0 Å². The van der Waals surface area contributed by atoms with Crippen LogP contribution < -0.4 is 4.90 Å². The largest absolute Gasteiger partial charge is 0.277 e. The quantitative estimate of drug-likeness (QED) is 0.534. The van der Waals surface area contributed by atoms with Crippen molar-refractivity contribution in [3.05, 3.63) is 64.7 Å². The topological polar surface area (TPSA) is 71.9 Å². The van der Waals surface area contributed by atoms with Gasteiger partial charge in [0.25, 0.3) is 5.91 Å². The van der Waals surface area contributed by atoms with Crippen molar-refractivity contribution in [3.63, 3.8) is 0 Å². The molecule has 0 fully saturated rings. The standard InChI is InChI=1S/C17H12FN5OS2/c1-10-15(26-22-21-10)16(24)23(9-12-4-2-3-7-19-12)17-20-13-6-5-11(18)8-14(13)25-17/h2-8H,9H2,1H3. The first-order valence-electron chi connectivity index (χ1n) is 7.68. The predicted octanol–water partition coefficient (Wildman–Crippen LogP) is 3.84. The highest BCUT2D eigenvalue weighted by Gasteiger charge is 2.25. The van der Waals surface area contributed by atoms with Crippen molar-refractivity contribution in [2.24, 2.45) is 0 Å². The predicted molar refractivity (Wildman–Crippen MR) is 99.0 cm³/mol. The Morgan fingerprint density at radius 3 is 2.88 bits per heavy atom. The fraction of sp³-hybridized carbons (Fsp3) is 0.118. The average molecular weight is 385 g/mol. The Morgan fingerprint density at radius 1 is 1.27 bits per heavy atom. The summed E-state index contributed by atoms with van der Waals surface area (Å²) in [6, 6.07) is 9.89. The molecule has 130 valence electrons. The van der Waals surface area contributed by atoms with Gasteiger partial charge in [-0.1, -0.05) is 21.9 Å². The lowest BCUT2D eigenvalue weighted by Gasteiger charge is -2.18. The van der Waals surface area contributed by atoms with E-state index in [1.165, 1.54) is 28.4 Å². The number of pyridine rings is 1. The number of carbonyl (C=O) groups excluding carboxylic acids is 1. The van der Waals surface area contributed by atoms with Gasteiger partial charge in [0.15, 0.2) is 5.13 Å². The molecule has 0 unspecified atom stereocenters. The number of hydrogen-bond donors (Lipinski definition) is 0. The van der Waals surface area contributed by atoms with Gasteiger partial charge in [0.05, 0.1) is 28.1 Å². The minimum atomic E-state index is -0.335. The van der Waals surface area contributed by atoms with Crippen molar-refractivity contribution in [1.29, 1.82) is 0 Å². The molecule has 0 atom stereocenters. The number of carbonyl (C=O) groups is 1. The van der Waals surface area contributed by atoms with Crippen LogP contribution in [-0.2, 0) is 6.54 Å². The summed E-state index contributed by atoms with van der Waals surface area (Å²) in [6.45, 7) is 1.99. The maximum Gasteiger partial charge on any atom is 0.274 e. The van der Waals surface area contributed by atoms with Gasteiger partial charge in [0.2, 0.25) is 0 Å². The van der Waals surface area contributed by atoms with E-state index in [1.807, 2.05) is 18.2 Å². The third-order valence-corrected chi connectivity index (χ3v) is 5.56. The Bertz CT molecular complexity index is 1080. The molecular formula is C17H12FN5OS2. The van der Waals surface area contributed by atoms with Crippen LogP contribution >= 0.6 is 22.9 Å². The molecule has 0 bridgehead atoms. The molecule has 0 saturated carbocycles. The SMILES string of the molecule is Cc1nnsc1C(=O)N(Cc1ccccn1)c1nc2ccc(F)cc2s1. The van der Waals surface area contributed by atoms with Gasteiger partial charge in [-0.05, 0) is 48.8 Å². The minimum Gasteiger partial charge on any atom is -0.277 e. The third-order valence-electron chi connectivity index (χ3n) is 3.71. The fourth-order valence-corrected chi connectivity index (χ4v) is 4.03. The summed E-state index contributed by atoms with van der Waals surface area (Å²) in [6.07, 6.45) is 1.67. The normalized spacial score (nSPS) is 11.0. The number of benzene rings is 1. The zero-order valence-electron chi connectivity index (χ0n) is 13.6.